The van der Waals surface area contributed by atoms with Gasteiger partial charge in [0.05, 0.1) is 6.54 Å². The van der Waals surface area contributed by atoms with Gasteiger partial charge in [-0.05, 0) is 5.56 Å². The average molecular weight is 279 g/mol. The number of fused-ring (bicyclic) bond motifs is 2. The van der Waals surface area contributed by atoms with Crippen molar-refractivity contribution in [1.82, 2.24) is 4.90 Å². The lowest BCUT2D eigenvalue weighted by atomic mass is 10.2. The molecule has 2 aliphatic heterocycles. The molecule has 2 fully saturated rings. The number of carbonyl (C=O) groups excluding carboxylic acids is 1. The van der Waals surface area contributed by atoms with E-state index >= 15 is 0 Å². The Morgan fingerprint density at radius 2 is 2.20 bits per heavy atom. The van der Waals surface area contributed by atoms with Gasteiger partial charge in [0.1, 0.15) is 24.9 Å². The highest BCUT2D eigenvalue weighted by atomic mass is 16.7. The predicted octanol–water partition coefficient (Wildman–Crippen LogP) is 0.740. The lowest BCUT2D eigenvalue weighted by Gasteiger charge is -2.30. The maximum absolute atomic E-state index is 12.1. The summed E-state index contributed by atoms with van der Waals surface area (Å²) in [6.45, 7) is 0.543. The van der Waals surface area contributed by atoms with E-state index < -0.39 is 30.6 Å². The van der Waals surface area contributed by atoms with Crippen LogP contribution in [0.4, 0.5) is 4.79 Å². The minimum absolute atomic E-state index is 0.210. The fraction of sp³-hybridized carbons (Fsp3) is 0.500. The molecule has 3 rings (SSSR count). The number of amides is 1. The minimum Gasteiger partial charge on any atom is -0.445 e. The van der Waals surface area contributed by atoms with Gasteiger partial charge in [-0.1, -0.05) is 30.3 Å². The quantitative estimate of drug-likeness (QED) is 0.884. The first-order valence-electron chi connectivity index (χ1n) is 6.54. The highest BCUT2D eigenvalue weighted by Crippen LogP contribution is 2.34. The molecule has 1 aromatic carbocycles. The molecule has 4 atom stereocenters. The lowest BCUT2D eigenvalue weighted by molar-refractivity contribution is -0.162. The molecule has 2 heterocycles. The number of aliphatic hydroxyl groups is 1. The molecule has 2 bridgehead atoms. The van der Waals surface area contributed by atoms with Gasteiger partial charge in [0, 0.05) is 7.11 Å². The monoisotopic (exact) mass is 279 g/mol. The predicted molar refractivity (Wildman–Crippen MR) is 68.8 cm³/mol. The Labute approximate surface area is 116 Å². The maximum atomic E-state index is 12.1. The van der Waals surface area contributed by atoms with Crippen molar-refractivity contribution in [1.29, 1.82) is 0 Å². The van der Waals surface area contributed by atoms with Crippen LogP contribution in [0, 0.1) is 0 Å². The van der Waals surface area contributed by atoms with Gasteiger partial charge >= 0.3 is 6.09 Å². The smallest absolute Gasteiger partial charge is 0.410 e. The molecule has 1 aromatic rings. The van der Waals surface area contributed by atoms with Crippen molar-refractivity contribution in [3.8, 4) is 0 Å². The molecule has 20 heavy (non-hydrogen) atoms. The Morgan fingerprint density at radius 3 is 2.85 bits per heavy atom. The molecule has 6 nitrogen and oxygen atoms in total. The van der Waals surface area contributed by atoms with Crippen LogP contribution in [0.25, 0.3) is 0 Å². The van der Waals surface area contributed by atoms with Crippen molar-refractivity contribution < 1.29 is 24.1 Å². The van der Waals surface area contributed by atoms with E-state index in [1.54, 1.807) is 0 Å². The molecule has 2 aliphatic rings. The largest absolute Gasteiger partial charge is 0.445 e. The van der Waals surface area contributed by atoms with Gasteiger partial charge in [-0.2, -0.15) is 0 Å². The van der Waals surface area contributed by atoms with E-state index in [0.29, 0.717) is 6.54 Å². The van der Waals surface area contributed by atoms with Crippen molar-refractivity contribution >= 4 is 6.09 Å². The van der Waals surface area contributed by atoms with Gasteiger partial charge in [0.2, 0.25) is 0 Å². The van der Waals surface area contributed by atoms with Gasteiger partial charge in [-0.3, -0.25) is 4.90 Å². The summed E-state index contributed by atoms with van der Waals surface area (Å²) in [6.07, 6.45) is -2.16. The van der Waals surface area contributed by atoms with Gasteiger partial charge in [0.15, 0.2) is 6.29 Å². The number of nitrogens with zero attached hydrogens (tertiary/aromatic N) is 1. The van der Waals surface area contributed by atoms with E-state index in [1.807, 2.05) is 30.3 Å². The average Bonchev–Trinajstić information content (AvgIpc) is 2.98. The van der Waals surface area contributed by atoms with Crippen LogP contribution < -0.4 is 0 Å². The van der Waals surface area contributed by atoms with E-state index in [-0.39, 0.29) is 6.61 Å². The minimum atomic E-state index is -0.718. The van der Waals surface area contributed by atoms with E-state index in [1.165, 1.54) is 12.0 Å². The Bertz CT molecular complexity index is 480. The lowest BCUT2D eigenvalue weighted by Crippen LogP contribution is -2.48. The number of methoxy groups -OCH3 is 1. The van der Waals surface area contributed by atoms with Gasteiger partial charge in [0.25, 0.3) is 0 Å². The first-order chi connectivity index (χ1) is 9.70. The molecular weight excluding hydrogens is 262 g/mol. The topological polar surface area (TPSA) is 68.2 Å². The van der Waals surface area contributed by atoms with Crippen molar-refractivity contribution in [3.05, 3.63) is 35.9 Å². The summed E-state index contributed by atoms with van der Waals surface area (Å²) in [7, 11) is 1.49. The number of aliphatic hydroxyl groups excluding tert-OH is 1. The number of benzene rings is 1. The summed E-state index contributed by atoms with van der Waals surface area (Å²) in [4.78, 5) is 13.6. The third kappa shape index (κ3) is 2.26. The molecule has 1 amide bonds. The number of morpholine rings is 1. The zero-order valence-corrected chi connectivity index (χ0v) is 11.1. The molecule has 0 spiro atoms. The third-order valence-corrected chi connectivity index (χ3v) is 3.73. The third-order valence-electron chi connectivity index (χ3n) is 3.73. The SMILES string of the molecule is CO[C@H]1O[C@@H]2CN(C(=O)OCc3ccccc3)[C@H]1[C@H]2O. The molecular formula is C14H17NO5. The van der Waals surface area contributed by atoms with Crippen LogP contribution in [0.5, 0.6) is 0 Å². The van der Waals surface area contributed by atoms with Crippen molar-refractivity contribution in [2.45, 2.75) is 31.1 Å². The summed E-state index contributed by atoms with van der Waals surface area (Å²) in [5, 5.41) is 9.98. The Morgan fingerprint density at radius 1 is 1.45 bits per heavy atom. The number of likely N-dealkylation sites (tertiary alicyclic amines) is 1. The molecule has 2 saturated heterocycles. The van der Waals surface area contributed by atoms with Crippen molar-refractivity contribution in [2.75, 3.05) is 13.7 Å². The molecule has 0 unspecified atom stereocenters. The van der Waals surface area contributed by atoms with E-state index in [9.17, 15) is 9.90 Å². The second-order valence-corrected chi connectivity index (χ2v) is 4.95. The number of ether oxygens (including phenoxy) is 3. The Balaban J connectivity index is 1.61. The van der Waals surface area contributed by atoms with Crippen LogP contribution in [0.3, 0.4) is 0 Å². The molecule has 0 radical (unpaired) electrons. The fourth-order valence-electron chi connectivity index (χ4n) is 2.71. The Hall–Kier alpha value is -1.63. The zero-order chi connectivity index (χ0) is 14.1. The highest BCUT2D eigenvalue weighted by Gasteiger charge is 2.56. The summed E-state index contributed by atoms with van der Waals surface area (Å²) in [5.41, 5.74) is 0.922. The normalized spacial score (nSPS) is 31.6. The van der Waals surface area contributed by atoms with Crippen LogP contribution in [-0.2, 0) is 20.8 Å². The van der Waals surface area contributed by atoms with Gasteiger partial charge in [-0.25, -0.2) is 4.79 Å². The number of rotatable bonds is 3. The molecule has 0 saturated carbocycles. The fourth-order valence-corrected chi connectivity index (χ4v) is 2.71. The first-order valence-corrected chi connectivity index (χ1v) is 6.54. The second kappa shape index (κ2) is 5.40. The van der Waals surface area contributed by atoms with Crippen molar-refractivity contribution in [3.63, 3.8) is 0 Å². The van der Waals surface area contributed by atoms with Crippen LogP contribution in [0.15, 0.2) is 30.3 Å². The van der Waals surface area contributed by atoms with E-state index in [4.69, 9.17) is 14.2 Å². The summed E-state index contributed by atoms with van der Waals surface area (Å²) >= 11 is 0. The van der Waals surface area contributed by atoms with Crippen LogP contribution in [0.2, 0.25) is 0 Å². The van der Waals surface area contributed by atoms with Crippen LogP contribution in [0.1, 0.15) is 5.56 Å². The molecule has 108 valence electrons. The summed E-state index contributed by atoms with van der Waals surface area (Å²) < 4.78 is 15.8. The molecule has 1 N–H and O–H groups in total. The van der Waals surface area contributed by atoms with Crippen LogP contribution >= 0.6 is 0 Å². The molecule has 0 aromatic heterocycles. The summed E-state index contributed by atoms with van der Waals surface area (Å²) in [6, 6.07) is 8.97. The van der Waals surface area contributed by atoms with E-state index in [2.05, 4.69) is 0 Å². The van der Waals surface area contributed by atoms with E-state index in [0.717, 1.165) is 5.56 Å². The van der Waals surface area contributed by atoms with Crippen LogP contribution in [-0.4, -0.2) is 54.3 Å². The first kappa shape index (κ1) is 13.4. The highest BCUT2D eigenvalue weighted by molar-refractivity contribution is 5.69. The Kier molecular flexibility index (Phi) is 3.60. The van der Waals surface area contributed by atoms with Gasteiger partial charge in [-0.15, -0.1) is 0 Å². The zero-order valence-electron chi connectivity index (χ0n) is 11.1. The molecule has 6 heteroatoms. The van der Waals surface area contributed by atoms with Gasteiger partial charge < -0.3 is 19.3 Å². The number of hydrogen-bond donors (Lipinski definition) is 1. The standard InChI is InChI=1S/C14H17NO5/c1-18-13-11-12(16)10(20-13)7-15(11)14(17)19-8-9-5-3-2-4-6-9/h2-6,10-13,16H,7-8H2,1H3/t10-,11+,12+,13+/m1/s1. The second-order valence-electron chi connectivity index (χ2n) is 4.95. The number of carbonyl (C=O) groups is 1. The number of hydrogen-bond acceptors (Lipinski definition) is 5. The maximum Gasteiger partial charge on any atom is 0.410 e. The molecule has 0 aliphatic carbocycles. The van der Waals surface area contributed by atoms with Crippen molar-refractivity contribution in [2.24, 2.45) is 0 Å². The summed E-state index contributed by atoms with van der Waals surface area (Å²) in [5.74, 6) is 0.